The van der Waals surface area contributed by atoms with Crippen LogP contribution < -0.4 is 5.73 Å². The Kier molecular flexibility index (Phi) is 5.18. The van der Waals surface area contributed by atoms with Gasteiger partial charge in [-0.3, -0.25) is 4.79 Å². The summed E-state index contributed by atoms with van der Waals surface area (Å²) in [6, 6.07) is 1.59. The van der Waals surface area contributed by atoms with Crippen molar-refractivity contribution < 1.29 is 18.3 Å². The van der Waals surface area contributed by atoms with E-state index >= 15 is 0 Å². The highest BCUT2D eigenvalue weighted by Gasteiger charge is 2.19. The molecule has 0 bridgehead atoms. The van der Waals surface area contributed by atoms with Crippen LogP contribution in [0.4, 0.5) is 8.78 Å². The maximum absolute atomic E-state index is 13.1. The molecule has 1 rings (SSSR count). The van der Waals surface area contributed by atoms with Crippen molar-refractivity contribution in [2.75, 3.05) is 7.11 Å². The van der Waals surface area contributed by atoms with E-state index in [4.69, 9.17) is 5.73 Å². The van der Waals surface area contributed by atoms with Crippen LogP contribution >= 0.6 is 12.4 Å². The highest BCUT2D eigenvalue weighted by Crippen LogP contribution is 2.16. The molecule has 1 atom stereocenters. The minimum atomic E-state index is -1.22. The van der Waals surface area contributed by atoms with Crippen molar-refractivity contribution in [3.63, 3.8) is 0 Å². The third kappa shape index (κ3) is 3.14. The summed E-state index contributed by atoms with van der Waals surface area (Å²) < 4.78 is 29.9. The first kappa shape index (κ1) is 13.8. The molecule has 0 spiro atoms. The Morgan fingerprint density at radius 3 is 2.53 bits per heavy atom. The third-order valence-electron chi connectivity index (χ3n) is 1.75. The fourth-order valence-electron chi connectivity index (χ4n) is 1.01. The molecular formula is C9H10ClF2NO2. The number of hydrogen-bond donors (Lipinski definition) is 1. The van der Waals surface area contributed by atoms with Crippen molar-refractivity contribution in [1.82, 2.24) is 0 Å². The maximum atomic E-state index is 13.1. The quantitative estimate of drug-likeness (QED) is 0.795. The Bertz CT molecular complexity index is 360. The monoisotopic (exact) mass is 237 g/mol. The van der Waals surface area contributed by atoms with E-state index in [1.165, 1.54) is 0 Å². The SMILES string of the molecule is COC(=O)C(N)c1ccc(F)cc1F.Cl. The number of halogens is 3. The van der Waals surface area contributed by atoms with E-state index in [1.807, 2.05) is 0 Å². The first-order valence-corrected chi connectivity index (χ1v) is 3.84. The van der Waals surface area contributed by atoms with E-state index in [-0.39, 0.29) is 18.0 Å². The zero-order valence-corrected chi connectivity index (χ0v) is 8.68. The van der Waals surface area contributed by atoms with Crippen LogP contribution in [0.25, 0.3) is 0 Å². The average Bonchev–Trinajstić information content (AvgIpc) is 2.15. The van der Waals surface area contributed by atoms with Crippen molar-refractivity contribution >= 4 is 18.4 Å². The molecule has 84 valence electrons. The molecule has 0 aromatic heterocycles. The summed E-state index contributed by atoms with van der Waals surface area (Å²) >= 11 is 0. The molecule has 0 radical (unpaired) electrons. The van der Waals surface area contributed by atoms with Gasteiger partial charge in [-0.25, -0.2) is 8.78 Å². The summed E-state index contributed by atoms with van der Waals surface area (Å²) in [4.78, 5) is 10.9. The smallest absolute Gasteiger partial charge is 0.327 e. The van der Waals surface area contributed by atoms with Crippen molar-refractivity contribution in [3.05, 3.63) is 35.4 Å². The van der Waals surface area contributed by atoms with Gasteiger partial charge in [0.05, 0.1) is 7.11 Å². The van der Waals surface area contributed by atoms with Gasteiger partial charge in [0.15, 0.2) is 0 Å². The predicted octanol–water partition coefficient (Wildman–Crippen LogP) is 1.56. The number of carbonyl (C=O) groups is 1. The number of nitrogens with two attached hydrogens (primary N) is 1. The van der Waals surface area contributed by atoms with Gasteiger partial charge in [0.1, 0.15) is 17.7 Å². The molecule has 1 unspecified atom stereocenters. The highest BCUT2D eigenvalue weighted by atomic mass is 35.5. The number of hydrogen-bond acceptors (Lipinski definition) is 3. The van der Waals surface area contributed by atoms with Gasteiger partial charge in [-0.05, 0) is 6.07 Å². The largest absolute Gasteiger partial charge is 0.468 e. The van der Waals surface area contributed by atoms with Gasteiger partial charge < -0.3 is 10.5 Å². The molecule has 15 heavy (non-hydrogen) atoms. The van der Waals surface area contributed by atoms with Crippen LogP contribution in [0.2, 0.25) is 0 Å². The van der Waals surface area contributed by atoms with E-state index in [1.54, 1.807) is 0 Å². The summed E-state index contributed by atoms with van der Waals surface area (Å²) in [5.74, 6) is -2.35. The van der Waals surface area contributed by atoms with E-state index in [0.717, 1.165) is 19.2 Å². The molecule has 0 amide bonds. The number of benzene rings is 1. The lowest BCUT2D eigenvalue weighted by Crippen LogP contribution is -2.23. The van der Waals surface area contributed by atoms with Crippen LogP contribution in [-0.4, -0.2) is 13.1 Å². The molecule has 1 aromatic rings. The van der Waals surface area contributed by atoms with Crippen LogP contribution in [-0.2, 0) is 9.53 Å². The molecule has 1 aromatic carbocycles. The zero-order chi connectivity index (χ0) is 10.7. The predicted molar refractivity (Wildman–Crippen MR) is 52.6 cm³/mol. The van der Waals surface area contributed by atoms with Gasteiger partial charge in [0.25, 0.3) is 0 Å². The van der Waals surface area contributed by atoms with Crippen LogP contribution in [0.3, 0.4) is 0 Å². The first-order valence-electron chi connectivity index (χ1n) is 3.84. The first-order chi connectivity index (χ1) is 6.56. The molecule has 0 saturated carbocycles. The number of methoxy groups -OCH3 is 1. The molecule has 0 aliphatic rings. The molecule has 0 aliphatic carbocycles. The van der Waals surface area contributed by atoms with E-state index in [0.29, 0.717) is 6.07 Å². The van der Waals surface area contributed by atoms with Gasteiger partial charge in [-0.2, -0.15) is 0 Å². The van der Waals surface area contributed by atoms with Crippen LogP contribution in [0, 0.1) is 11.6 Å². The second kappa shape index (κ2) is 5.63. The topological polar surface area (TPSA) is 52.3 Å². The fourth-order valence-corrected chi connectivity index (χ4v) is 1.01. The molecule has 0 saturated heterocycles. The maximum Gasteiger partial charge on any atom is 0.327 e. The van der Waals surface area contributed by atoms with Gasteiger partial charge >= 0.3 is 5.97 Å². The van der Waals surface area contributed by atoms with Crippen molar-refractivity contribution in [3.8, 4) is 0 Å². The van der Waals surface area contributed by atoms with E-state index in [9.17, 15) is 13.6 Å². The molecule has 6 heteroatoms. The van der Waals surface area contributed by atoms with Gasteiger partial charge in [-0.1, -0.05) is 6.07 Å². The van der Waals surface area contributed by atoms with Gasteiger partial charge in [0.2, 0.25) is 0 Å². The van der Waals surface area contributed by atoms with Gasteiger partial charge in [0, 0.05) is 11.6 Å². The molecule has 0 heterocycles. The minimum absolute atomic E-state index is 0. The van der Waals surface area contributed by atoms with Crippen LogP contribution in [0.15, 0.2) is 18.2 Å². The van der Waals surface area contributed by atoms with E-state index in [2.05, 4.69) is 4.74 Å². The summed E-state index contributed by atoms with van der Waals surface area (Å²) in [6.07, 6.45) is 0. The van der Waals surface area contributed by atoms with Crippen molar-refractivity contribution in [2.24, 2.45) is 5.73 Å². The molecule has 3 nitrogen and oxygen atoms in total. The standard InChI is InChI=1S/C9H9F2NO2.ClH/c1-14-9(13)8(12)6-3-2-5(10)4-7(6)11;/h2-4,8H,12H2,1H3;1H. The van der Waals surface area contributed by atoms with Crippen LogP contribution in [0.1, 0.15) is 11.6 Å². The normalized spacial score (nSPS) is 11.5. The Morgan fingerprint density at radius 1 is 1.47 bits per heavy atom. The highest BCUT2D eigenvalue weighted by molar-refractivity contribution is 5.85. The molecule has 2 N–H and O–H groups in total. The Balaban J connectivity index is 0.00000196. The Hall–Kier alpha value is -1.20. The number of carbonyl (C=O) groups excluding carboxylic acids is 1. The number of ether oxygens (including phenoxy) is 1. The second-order valence-corrected chi connectivity index (χ2v) is 2.67. The summed E-state index contributed by atoms with van der Waals surface area (Å²) in [5, 5.41) is 0. The van der Waals surface area contributed by atoms with Crippen LogP contribution in [0.5, 0.6) is 0 Å². The number of esters is 1. The molecule has 0 aliphatic heterocycles. The van der Waals surface area contributed by atoms with Crippen molar-refractivity contribution in [1.29, 1.82) is 0 Å². The lowest BCUT2D eigenvalue weighted by atomic mass is 10.1. The summed E-state index contributed by atoms with van der Waals surface area (Å²) in [5.41, 5.74) is 5.28. The fraction of sp³-hybridized carbons (Fsp3) is 0.222. The lowest BCUT2D eigenvalue weighted by Gasteiger charge is -2.09. The molecular weight excluding hydrogens is 228 g/mol. The van der Waals surface area contributed by atoms with Crippen molar-refractivity contribution in [2.45, 2.75) is 6.04 Å². The lowest BCUT2D eigenvalue weighted by molar-refractivity contribution is -0.142. The summed E-state index contributed by atoms with van der Waals surface area (Å²) in [7, 11) is 1.14. The second-order valence-electron chi connectivity index (χ2n) is 2.67. The summed E-state index contributed by atoms with van der Waals surface area (Å²) in [6.45, 7) is 0. The number of rotatable bonds is 2. The average molecular weight is 238 g/mol. The Morgan fingerprint density at radius 2 is 2.07 bits per heavy atom. The zero-order valence-electron chi connectivity index (χ0n) is 7.87. The molecule has 0 fully saturated rings. The van der Waals surface area contributed by atoms with E-state index < -0.39 is 23.6 Å². The van der Waals surface area contributed by atoms with Gasteiger partial charge in [-0.15, -0.1) is 12.4 Å². The minimum Gasteiger partial charge on any atom is -0.468 e. The third-order valence-corrected chi connectivity index (χ3v) is 1.75. The Labute approximate surface area is 91.6 Å².